The number of hydrogen-bond donors (Lipinski definition) is 0. The molecule has 0 aromatic carbocycles. The minimum atomic E-state index is -0.764. The fourth-order valence-corrected chi connectivity index (χ4v) is 9.29. The molecule has 0 saturated carbocycles. The lowest BCUT2D eigenvalue weighted by molar-refractivity contribution is -0.167. The van der Waals surface area contributed by atoms with Crippen molar-refractivity contribution in [2.24, 2.45) is 17.8 Å². The zero-order chi connectivity index (χ0) is 49.1. The fraction of sp³-hybridized carbons (Fsp3) is 0.951. The molecular formula is C61H118O6. The van der Waals surface area contributed by atoms with Crippen LogP contribution in [0.4, 0.5) is 0 Å². The van der Waals surface area contributed by atoms with Crippen LogP contribution in [0.2, 0.25) is 0 Å². The molecule has 0 saturated heterocycles. The second-order valence-electron chi connectivity index (χ2n) is 21.9. The van der Waals surface area contributed by atoms with Crippen LogP contribution in [-0.2, 0) is 28.6 Å². The Hall–Kier alpha value is -1.59. The Labute approximate surface area is 418 Å². The van der Waals surface area contributed by atoms with Crippen molar-refractivity contribution < 1.29 is 28.6 Å². The van der Waals surface area contributed by atoms with E-state index in [1.807, 2.05) is 0 Å². The first-order valence-electron chi connectivity index (χ1n) is 30.2. The molecule has 0 bridgehead atoms. The predicted octanol–water partition coefficient (Wildman–Crippen LogP) is 19.9. The van der Waals surface area contributed by atoms with Gasteiger partial charge in [0.15, 0.2) is 6.10 Å². The van der Waals surface area contributed by atoms with Gasteiger partial charge in [0.1, 0.15) is 13.2 Å². The van der Waals surface area contributed by atoms with Gasteiger partial charge >= 0.3 is 17.9 Å². The maximum atomic E-state index is 12.9. The zero-order valence-corrected chi connectivity index (χ0v) is 46.2. The topological polar surface area (TPSA) is 78.9 Å². The molecule has 0 fully saturated rings. The first-order chi connectivity index (χ1) is 32.7. The smallest absolute Gasteiger partial charge is 0.306 e. The maximum absolute atomic E-state index is 12.9. The molecule has 67 heavy (non-hydrogen) atoms. The van der Waals surface area contributed by atoms with E-state index in [0.717, 1.165) is 75.5 Å². The Morgan fingerprint density at radius 2 is 0.522 bits per heavy atom. The molecule has 0 aliphatic heterocycles. The van der Waals surface area contributed by atoms with Gasteiger partial charge in [0.05, 0.1) is 0 Å². The van der Waals surface area contributed by atoms with Gasteiger partial charge in [0.2, 0.25) is 0 Å². The quantitative estimate of drug-likeness (QED) is 0.0343. The minimum absolute atomic E-state index is 0.0635. The van der Waals surface area contributed by atoms with Crippen molar-refractivity contribution in [3.63, 3.8) is 0 Å². The molecule has 0 amide bonds. The van der Waals surface area contributed by atoms with Crippen molar-refractivity contribution in [2.45, 2.75) is 343 Å². The van der Waals surface area contributed by atoms with Crippen LogP contribution in [0.25, 0.3) is 0 Å². The Balaban J connectivity index is 4.28. The molecule has 0 radical (unpaired) electrons. The van der Waals surface area contributed by atoms with E-state index in [1.165, 1.54) is 218 Å². The first kappa shape index (κ1) is 65.4. The summed E-state index contributed by atoms with van der Waals surface area (Å²) in [5.74, 6) is 1.75. The van der Waals surface area contributed by atoms with Crippen molar-refractivity contribution in [1.29, 1.82) is 0 Å². The molecule has 0 heterocycles. The van der Waals surface area contributed by atoms with E-state index in [-0.39, 0.29) is 31.1 Å². The van der Waals surface area contributed by atoms with E-state index in [4.69, 9.17) is 14.2 Å². The van der Waals surface area contributed by atoms with Gasteiger partial charge in [-0.1, -0.05) is 298 Å². The molecule has 0 spiro atoms. The third-order valence-corrected chi connectivity index (χ3v) is 14.6. The van der Waals surface area contributed by atoms with Gasteiger partial charge in [-0.25, -0.2) is 0 Å². The third-order valence-electron chi connectivity index (χ3n) is 14.6. The van der Waals surface area contributed by atoms with E-state index in [2.05, 4.69) is 41.5 Å². The van der Waals surface area contributed by atoms with Crippen molar-refractivity contribution >= 4 is 17.9 Å². The van der Waals surface area contributed by atoms with Crippen LogP contribution in [-0.4, -0.2) is 37.2 Å². The van der Waals surface area contributed by atoms with Gasteiger partial charge in [-0.05, 0) is 37.0 Å². The van der Waals surface area contributed by atoms with Crippen molar-refractivity contribution in [2.75, 3.05) is 13.2 Å². The maximum Gasteiger partial charge on any atom is 0.306 e. The minimum Gasteiger partial charge on any atom is -0.462 e. The Morgan fingerprint density at radius 1 is 0.299 bits per heavy atom. The Bertz CT molecular complexity index is 1040. The SMILES string of the molecule is CCC(C)CCCCCCCCCCCCCCCCC(=O)O[C@@H](COC(=O)CCCCCCCCCCCCCCCCCCC(C)C)COC(=O)CCCCCCCCCCC(C)CC. The molecule has 398 valence electrons. The lowest BCUT2D eigenvalue weighted by Crippen LogP contribution is -2.30. The molecule has 0 N–H and O–H groups in total. The zero-order valence-electron chi connectivity index (χ0n) is 46.2. The molecule has 0 aromatic heterocycles. The number of unbranched alkanes of at least 4 members (excludes halogenated alkanes) is 35. The highest BCUT2D eigenvalue weighted by Gasteiger charge is 2.19. The van der Waals surface area contributed by atoms with Crippen LogP contribution in [0.1, 0.15) is 337 Å². The van der Waals surface area contributed by atoms with Gasteiger partial charge in [0.25, 0.3) is 0 Å². The first-order valence-corrected chi connectivity index (χ1v) is 30.2. The van der Waals surface area contributed by atoms with Crippen LogP contribution >= 0.6 is 0 Å². The standard InChI is InChI=1S/C61H118O6/c1-7-56(5)48-42-36-30-24-20-16-13-14-18-22-26-34-40-46-52-61(64)67-58(54-66-60(63)51-45-39-33-28-27-31-37-43-49-57(6)8-2)53-65-59(62)50-44-38-32-25-21-17-12-10-9-11-15-19-23-29-35-41-47-55(3)4/h55-58H,7-54H2,1-6H3/t56?,57?,58-/m0/s1. The van der Waals surface area contributed by atoms with Gasteiger partial charge in [0, 0.05) is 19.3 Å². The highest BCUT2D eigenvalue weighted by Crippen LogP contribution is 2.19. The number of rotatable bonds is 54. The summed E-state index contributed by atoms with van der Waals surface area (Å²) in [7, 11) is 0. The van der Waals surface area contributed by atoms with Crippen LogP contribution < -0.4 is 0 Å². The summed E-state index contributed by atoms with van der Waals surface area (Å²) in [6, 6.07) is 0. The van der Waals surface area contributed by atoms with Crippen molar-refractivity contribution in [1.82, 2.24) is 0 Å². The largest absolute Gasteiger partial charge is 0.462 e. The Morgan fingerprint density at radius 3 is 0.776 bits per heavy atom. The summed E-state index contributed by atoms with van der Waals surface area (Å²) < 4.78 is 16.9. The lowest BCUT2D eigenvalue weighted by Gasteiger charge is -2.18. The summed E-state index contributed by atoms with van der Waals surface area (Å²) in [5.41, 5.74) is 0. The van der Waals surface area contributed by atoms with E-state index in [0.29, 0.717) is 19.3 Å². The van der Waals surface area contributed by atoms with Gasteiger partial charge < -0.3 is 14.2 Å². The number of ether oxygens (including phenoxy) is 3. The van der Waals surface area contributed by atoms with Crippen molar-refractivity contribution in [3.05, 3.63) is 0 Å². The monoisotopic (exact) mass is 947 g/mol. The highest BCUT2D eigenvalue weighted by atomic mass is 16.6. The molecule has 3 atom stereocenters. The lowest BCUT2D eigenvalue weighted by atomic mass is 9.99. The number of carbonyl (C=O) groups excluding carboxylic acids is 3. The summed E-state index contributed by atoms with van der Waals surface area (Å²) in [6.45, 7) is 13.8. The average molecular weight is 948 g/mol. The van der Waals surface area contributed by atoms with Crippen LogP contribution in [0, 0.1) is 17.8 Å². The van der Waals surface area contributed by atoms with Crippen LogP contribution in [0.3, 0.4) is 0 Å². The molecule has 2 unspecified atom stereocenters. The number of esters is 3. The highest BCUT2D eigenvalue weighted by molar-refractivity contribution is 5.71. The summed E-state index contributed by atoms with van der Waals surface area (Å²) in [6.07, 6.45) is 55.2. The summed E-state index contributed by atoms with van der Waals surface area (Å²) >= 11 is 0. The second kappa shape index (κ2) is 52.2. The molecular weight excluding hydrogens is 829 g/mol. The summed E-state index contributed by atoms with van der Waals surface area (Å²) in [5, 5.41) is 0. The number of carbonyl (C=O) groups is 3. The van der Waals surface area contributed by atoms with E-state index in [9.17, 15) is 14.4 Å². The summed E-state index contributed by atoms with van der Waals surface area (Å²) in [4.78, 5) is 38.2. The predicted molar refractivity (Wildman–Crippen MR) is 289 cm³/mol. The van der Waals surface area contributed by atoms with Crippen LogP contribution in [0.15, 0.2) is 0 Å². The molecule has 0 aliphatic rings. The fourth-order valence-electron chi connectivity index (χ4n) is 9.29. The molecule has 0 aromatic rings. The third kappa shape index (κ3) is 52.1. The van der Waals surface area contributed by atoms with Gasteiger partial charge in [-0.2, -0.15) is 0 Å². The van der Waals surface area contributed by atoms with Gasteiger partial charge in [-0.3, -0.25) is 14.4 Å². The van der Waals surface area contributed by atoms with Crippen molar-refractivity contribution in [3.8, 4) is 0 Å². The Kier molecular flexibility index (Phi) is 51.0. The average Bonchev–Trinajstić information content (AvgIpc) is 3.31. The van der Waals surface area contributed by atoms with E-state index >= 15 is 0 Å². The molecule has 6 heteroatoms. The van der Waals surface area contributed by atoms with E-state index < -0.39 is 6.10 Å². The van der Waals surface area contributed by atoms with Gasteiger partial charge in [-0.15, -0.1) is 0 Å². The molecule has 0 rings (SSSR count). The van der Waals surface area contributed by atoms with Crippen LogP contribution in [0.5, 0.6) is 0 Å². The molecule has 0 aliphatic carbocycles. The second-order valence-corrected chi connectivity index (χ2v) is 21.9. The number of hydrogen-bond acceptors (Lipinski definition) is 6. The normalized spacial score (nSPS) is 12.9. The van der Waals surface area contributed by atoms with E-state index in [1.54, 1.807) is 0 Å². The molecule has 6 nitrogen and oxygen atoms in total.